The zero-order chi connectivity index (χ0) is 24.3. The Bertz CT molecular complexity index is 1110. The molecule has 8 nitrogen and oxygen atoms in total. The van der Waals surface area contributed by atoms with E-state index in [1.807, 2.05) is 6.92 Å². The van der Waals surface area contributed by atoms with Gasteiger partial charge in [0.25, 0.3) is 11.5 Å². The molecule has 0 radical (unpaired) electrons. The van der Waals surface area contributed by atoms with E-state index in [-0.39, 0.29) is 28.9 Å². The van der Waals surface area contributed by atoms with Gasteiger partial charge in [0.15, 0.2) is 0 Å². The summed E-state index contributed by atoms with van der Waals surface area (Å²) in [7, 11) is 1.63. The van der Waals surface area contributed by atoms with Crippen LogP contribution in [0.3, 0.4) is 0 Å². The number of pyridine rings is 1. The van der Waals surface area contributed by atoms with Gasteiger partial charge in [-0.3, -0.25) is 23.9 Å². The van der Waals surface area contributed by atoms with Crippen LogP contribution in [-0.4, -0.2) is 52.4 Å². The van der Waals surface area contributed by atoms with E-state index < -0.39 is 0 Å². The number of thiocarbonyl (C=S) groups is 1. The SMILES string of the molecule is CCCn1c(N2CCC(C(=O)OCC)CC2)c(/C=C2\SC(=S)N(C)C2=O)c(C)c(C#N)c1=O. The van der Waals surface area contributed by atoms with Crippen LogP contribution in [0, 0.1) is 24.2 Å². The molecule has 3 heterocycles. The van der Waals surface area contributed by atoms with E-state index in [0.717, 1.165) is 0 Å². The molecule has 3 rings (SSSR count). The molecule has 0 unspecified atom stereocenters. The number of carbonyl (C=O) groups excluding carboxylic acids is 2. The first-order chi connectivity index (χ1) is 15.7. The van der Waals surface area contributed by atoms with E-state index >= 15 is 0 Å². The second kappa shape index (κ2) is 10.5. The van der Waals surface area contributed by atoms with Gasteiger partial charge in [-0.2, -0.15) is 5.26 Å². The maximum atomic E-state index is 13.2. The van der Waals surface area contributed by atoms with Crippen LogP contribution in [0.15, 0.2) is 9.70 Å². The fourth-order valence-electron chi connectivity index (χ4n) is 4.18. The van der Waals surface area contributed by atoms with Gasteiger partial charge in [-0.25, -0.2) is 0 Å². The fourth-order valence-corrected chi connectivity index (χ4v) is 5.34. The predicted molar refractivity (Wildman–Crippen MR) is 133 cm³/mol. The number of ether oxygens (including phenoxy) is 1. The highest BCUT2D eigenvalue weighted by Gasteiger charge is 2.32. The summed E-state index contributed by atoms with van der Waals surface area (Å²) in [5, 5.41) is 9.71. The number of rotatable bonds is 6. The standard InChI is InChI=1S/C23H28N4O4S2/c1-5-9-27-19(26-10-7-15(8-11-26)22(30)31-6-2)16(14(3)17(13-24)20(27)28)12-18-21(29)25(4)23(32)33-18/h12,15H,5-11H2,1-4H3/b18-12-. The Morgan fingerprint density at radius 1 is 1.30 bits per heavy atom. The van der Waals surface area contributed by atoms with Crippen molar-refractivity contribution in [1.82, 2.24) is 9.47 Å². The lowest BCUT2D eigenvalue weighted by atomic mass is 9.95. The maximum Gasteiger partial charge on any atom is 0.309 e. The molecule has 1 aromatic rings. The molecule has 2 aliphatic heterocycles. The van der Waals surface area contributed by atoms with Gasteiger partial charge in [-0.1, -0.05) is 30.9 Å². The van der Waals surface area contributed by atoms with E-state index in [0.29, 0.717) is 71.7 Å². The van der Waals surface area contributed by atoms with Gasteiger partial charge in [0.2, 0.25) is 0 Å². The third-order valence-corrected chi connectivity index (χ3v) is 7.45. The molecular formula is C23H28N4O4S2. The Hall–Kier alpha value is -2.64. The first-order valence-electron chi connectivity index (χ1n) is 11.1. The van der Waals surface area contributed by atoms with Crippen LogP contribution in [0.5, 0.6) is 0 Å². The number of likely N-dealkylation sites (N-methyl/N-ethyl adjacent to an activating group) is 1. The van der Waals surface area contributed by atoms with Gasteiger partial charge in [0, 0.05) is 32.2 Å². The van der Waals surface area contributed by atoms with E-state index in [4.69, 9.17) is 17.0 Å². The molecule has 10 heteroatoms. The number of hydrogen-bond donors (Lipinski definition) is 0. The molecule has 0 aromatic carbocycles. The summed E-state index contributed by atoms with van der Waals surface area (Å²) in [6.45, 7) is 7.42. The average Bonchev–Trinajstić information content (AvgIpc) is 3.04. The Kier molecular flexibility index (Phi) is 7.97. The maximum absolute atomic E-state index is 13.2. The molecule has 0 spiro atoms. The quantitative estimate of drug-likeness (QED) is 0.343. The van der Waals surface area contributed by atoms with Crippen molar-refractivity contribution in [3.63, 3.8) is 0 Å². The zero-order valence-electron chi connectivity index (χ0n) is 19.3. The molecule has 0 atom stereocenters. The number of esters is 1. The topological polar surface area (TPSA) is 95.6 Å². The Labute approximate surface area is 203 Å². The largest absolute Gasteiger partial charge is 0.466 e. The lowest BCUT2D eigenvalue weighted by molar-refractivity contribution is -0.148. The number of thioether (sulfide) groups is 1. The predicted octanol–water partition coefficient (Wildman–Crippen LogP) is 3.05. The lowest BCUT2D eigenvalue weighted by Gasteiger charge is -2.35. The summed E-state index contributed by atoms with van der Waals surface area (Å²) in [6, 6.07) is 2.05. The molecule has 176 valence electrons. The first-order valence-corrected chi connectivity index (χ1v) is 12.3. The second-order valence-corrected chi connectivity index (χ2v) is 9.74. The van der Waals surface area contributed by atoms with E-state index in [2.05, 4.69) is 11.0 Å². The third-order valence-electron chi connectivity index (χ3n) is 5.97. The number of nitrogens with zero attached hydrogens (tertiary/aromatic N) is 4. The van der Waals surface area contributed by atoms with Crippen LogP contribution < -0.4 is 10.5 Å². The summed E-state index contributed by atoms with van der Waals surface area (Å²) in [5.74, 6) is 0.114. The molecule has 0 aliphatic carbocycles. The van der Waals surface area contributed by atoms with Crippen LogP contribution in [-0.2, 0) is 20.9 Å². The van der Waals surface area contributed by atoms with Crippen molar-refractivity contribution in [1.29, 1.82) is 5.26 Å². The molecule has 33 heavy (non-hydrogen) atoms. The van der Waals surface area contributed by atoms with E-state index in [9.17, 15) is 19.6 Å². The molecule has 2 saturated heterocycles. The van der Waals surface area contributed by atoms with Crippen molar-refractivity contribution < 1.29 is 14.3 Å². The van der Waals surface area contributed by atoms with Gasteiger partial charge in [0.05, 0.1) is 17.4 Å². The molecule has 1 amide bonds. The van der Waals surface area contributed by atoms with Gasteiger partial charge in [-0.05, 0) is 44.7 Å². The Balaban J connectivity index is 2.13. The number of aromatic nitrogens is 1. The third kappa shape index (κ3) is 4.84. The molecule has 0 saturated carbocycles. The van der Waals surface area contributed by atoms with Gasteiger partial charge in [-0.15, -0.1) is 0 Å². The Morgan fingerprint density at radius 2 is 1.97 bits per heavy atom. The molecule has 2 fully saturated rings. The minimum absolute atomic E-state index is 0.0758. The van der Waals surface area contributed by atoms with E-state index in [1.165, 1.54) is 16.7 Å². The summed E-state index contributed by atoms with van der Waals surface area (Å²) in [5.41, 5.74) is 0.952. The molecular weight excluding hydrogens is 460 g/mol. The first kappa shape index (κ1) is 25.0. The Morgan fingerprint density at radius 3 is 2.48 bits per heavy atom. The van der Waals surface area contributed by atoms with Crippen LogP contribution in [0.4, 0.5) is 5.82 Å². The van der Waals surface area contributed by atoms with Crippen LogP contribution in [0.1, 0.15) is 49.8 Å². The van der Waals surface area contributed by atoms with Crippen LogP contribution in [0.2, 0.25) is 0 Å². The number of anilines is 1. The van der Waals surface area contributed by atoms with Crippen LogP contribution in [0.25, 0.3) is 6.08 Å². The highest BCUT2D eigenvalue weighted by Crippen LogP contribution is 2.36. The number of piperidine rings is 1. The van der Waals surface area contributed by atoms with Crippen molar-refractivity contribution in [2.24, 2.45) is 5.92 Å². The van der Waals surface area contributed by atoms with Crippen LogP contribution >= 0.6 is 24.0 Å². The second-order valence-electron chi connectivity index (χ2n) is 8.06. The van der Waals surface area contributed by atoms with Crippen molar-refractivity contribution in [2.75, 3.05) is 31.6 Å². The monoisotopic (exact) mass is 488 g/mol. The smallest absolute Gasteiger partial charge is 0.309 e. The molecule has 1 aromatic heterocycles. The normalized spacial score (nSPS) is 18.2. The fraction of sp³-hybridized carbons (Fsp3) is 0.522. The van der Waals surface area contributed by atoms with Gasteiger partial charge < -0.3 is 9.64 Å². The van der Waals surface area contributed by atoms with Crippen molar-refractivity contribution in [3.8, 4) is 6.07 Å². The number of hydrogen-bond acceptors (Lipinski definition) is 8. The van der Waals surface area contributed by atoms with E-state index in [1.54, 1.807) is 31.5 Å². The highest BCUT2D eigenvalue weighted by atomic mass is 32.2. The molecule has 0 N–H and O–H groups in total. The number of amides is 1. The number of nitriles is 1. The molecule has 2 aliphatic rings. The van der Waals surface area contributed by atoms with Crippen molar-refractivity contribution in [3.05, 3.63) is 31.9 Å². The minimum atomic E-state index is -0.334. The average molecular weight is 489 g/mol. The lowest BCUT2D eigenvalue weighted by Crippen LogP contribution is -2.41. The summed E-state index contributed by atoms with van der Waals surface area (Å²) >= 11 is 6.47. The van der Waals surface area contributed by atoms with Crippen molar-refractivity contribution in [2.45, 2.75) is 46.6 Å². The highest BCUT2D eigenvalue weighted by molar-refractivity contribution is 8.26. The molecule has 0 bridgehead atoms. The summed E-state index contributed by atoms with van der Waals surface area (Å²) in [6.07, 6.45) is 3.66. The zero-order valence-corrected chi connectivity index (χ0v) is 21.0. The number of carbonyl (C=O) groups is 2. The van der Waals surface area contributed by atoms with Gasteiger partial charge in [0.1, 0.15) is 21.8 Å². The van der Waals surface area contributed by atoms with Crippen molar-refractivity contribution >= 4 is 52.1 Å². The minimum Gasteiger partial charge on any atom is -0.466 e. The summed E-state index contributed by atoms with van der Waals surface area (Å²) < 4.78 is 7.28. The van der Waals surface area contributed by atoms with Gasteiger partial charge >= 0.3 is 5.97 Å². The summed E-state index contributed by atoms with van der Waals surface area (Å²) in [4.78, 5) is 42.0.